The highest BCUT2D eigenvalue weighted by molar-refractivity contribution is 5.47. The average Bonchev–Trinajstić information content (AvgIpc) is 2.26. The number of hydrogen-bond acceptors (Lipinski definition) is 3. The molecule has 0 bridgehead atoms. The SMILES string of the molecule is COc1cc(C)c(C(C)N(C)C)c(OC)c1. The first-order valence-corrected chi connectivity index (χ1v) is 5.40. The minimum atomic E-state index is 0.320. The van der Waals surface area contributed by atoms with Crippen LogP contribution in [0, 0.1) is 6.92 Å². The Morgan fingerprint density at radius 1 is 1.12 bits per heavy atom. The van der Waals surface area contributed by atoms with Gasteiger partial charge >= 0.3 is 0 Å². The van der Waals surface area contributed by atoms with E-state index >= 15 is 0 Å². The summed E-state index contributed by atoms with van der Waals surface area (Å²) in [5.74, 6) is 1.72. The number of benzene rings is 1. The van der Waals surface area contributed by atoms with Gasteiger partial charge in [0.15, 0.2) is 0 Å². The summed E-state index contributed by atoms with van der Waals surface area (Å²) in [4.78, 5) is 2.16. The number of aryl methyl sites for hydroxylation is 1. The predicted molar refractivity (Wildman–Crippen MR) is 66.4 cm³/mol. The monoisotopic (exact) mass is 223 g/mol. The largest absolute Gasteiger partial charge is 0.497 e. The lowest BCUT2D eigenvalue weighted by Gasteiger charge is -2.24. The van der Waals surface area contributed by atoms with Gasteiger partial charge in [0.2, 0.25) is 0 Å². The molecule has 0 aromatic heterocycles. The maximum Gasteiger partial charge on any atom is 0.127 e. The van der Waals surface area contributed by atoms with Crippen LogP contribution in [0.3, 0.4) is 0 Å². The van der Waals surface area contributed by atoms with E-state index in [1.54, 1.807) is 14.2 Å². The zero-order valence-electron chi connectivity index (χ0n) is 11.0. The molecule has 1 aromatic rings. The van der Waals surface area contributed by atoms with Crippen LogP contribution >= 0.6 is 0 Å². The Labute approximate surface area is 98.0 Å². The van der Waals surface area contributed by atoms with Gasteiger partial charge in [0.1, 0.15) is 11.5 Å². The van der Waals surface area contributed by atoms with Gasteiger partial charge in [0.25, 0.3) is 0 Å². The van der Waals surface area contributed by atoms with Gasteiger partial charge in [-0.25, -0.2) is 0 Å². The Morgan fingerprint density at radius 2 is 1.75 bits per heavy atom. The molecule has 0 N–H and O–H groups in total. The zero-order valence-corrected chi connectivity index (χ0v) is 11.0. The maximum absolute atomic E-state index is 5.43. The molecule has 0 radical (unpaired) electrons. The first kappa shape index (κ1) is 12.8. The zero-order chi connectivity index (χ0) is 12.3. The van der Waals surface area contributed by atoms with E-state index in [4.69, 9.17) is 9.47 Å². The summed E-state index contributed by atoms with van der Waals surface area (Å²) in [7, 11) is 7.49. The summed E-state index contributed by atoms with van der Waals surface area (Å²) in [5.41, 5.74) is 2.41. The lowest BCUT2D eigenvalue weighted by Crippen LogP contribution is -2.18. The van der Waals surface area contributed by atoms with Gasteiger partial charge in [0.05, 0.1) is 14.2 Å². The molecular weight excluding hydrogens is 202 g/mol. The van der Waals surface area contributed by atoms with Crippen LogP contribution < -0.4 is 9.47 Å². The third-order valence-electron chi connectivity index (χ3n) is 2.97. The molecule has 0 amide bonds. The summed E-state index contributed by atoms with van der Waals surface area (Å²) in [6, 6.07) is 4.29. The third-order valence-corrected chi connectivity index (χ3v) is 2.97. The number of ether oxygens (including phenoxy) is 2. The van der Waals surface area contributed by atoms with Crippen molar-refractivity contribution in [3.8, 4) is 11.5 Å². The lowest BCUT2D eigenvalue weighted by atomic mass is 10.00. The quantitative estimate of drug-likeness (QED) is 0.783. The van der Waals surface area contributed by atoms with Crippen molar-refractivity contribution in [1.29, 1.82) is 0 Å². The van der Waals surface area contributed by atoms with Crippen molar-refractivity contribution in [2.75, 3.05) is 28.3 Å². The van der Waals surface area contributed by atoms with E-state index in [2.05, 4.69) is 32.8 Å². The Bertz CT molecular complexity index is 361. The molecule has 3 nitrogen and oxygen atoms in total. The van der Waals surface area contributed by atoms with E-state index in [-0.39, 0.29) is 0 Å². The van der Waals surface area contributed by atoms with Crippen LogP contribution in [0.4, 0.5) is 0 Å². The first-order chi connectivity index (χ1) is 7.51. The van der Waals surface area contributed by atoms with Gasteiger partial charge < -0.3 is 14.4 Å². The highest BCUT2D eigenvalue weighted by atomic mass is 16.5. The second kappa shape index (κ2) is 5.21. The van der Waals surface area contributed by atoms with Gasteiger partial charge in [0, 0.05) is 17.7 Å². The second-order valence-electron chi connectivity index (χ2n) is 4.20. The molecule has 3 heteroatoms. The average molecular weight is 223 g/mol. The smallest absolute Gasteiger partial charge is 0.127 e. The van der Waals surface area contributed by atoms with E-state index in [0.717, 1.165) is 11.5 Å². The number of nitrogens with zero attached hydrogens (tertiary/aromatic N) is 1. The molecule has 0 aliphatic heterocycles. The van der Waals surface area contributed by atoms with Crippen molar-refractivity contribution in [3.63, 3.8) is 0 Å². The van der Waals surface area contributed by atoms with Gasteiger partial charge in [-0.1, -0.05) is 0 Å². The fraction of sp³-hybridized carbons (Fsp3) is 0.538. The second-order valence-corrected chi connectivity index (χ2v) is 4.20. The number of rotatable bonds is 4. The van der Waals surface area contributed by atoms with Crippen LogP contribution in [-0.4, -0.2) is 33.2 Å². The van der Waals surface area contributed by atoms with Crippen LogP contribution in [0.15, 0.2) is 12.1 Å². The van der Waals surface area contributed by atoms with E-state index in [1.807, 2.05) is 12.1 Å². The lowest BCUT2D eigenvalue weighted by molar-refractivity contribution is 0.306. The van der Waals surface area contributed by atoms with Crippen molar-refractivity contribution < 1.29 is 9.47 Å². The molecule has 16 heavy (non-hydrogen) atoms. The Kier molecular flexibility index (Phi) is 4.19. The first-order valence-electron chi connectivity index (χ1n) is 5.40. The topological polar surface area (TPSA) is 21.7 Å². The molecular formula is C13H21NO2. The van der Waals surface area contributed by atoms with Crippen molar-refractivity contribution in [2.24, 2.45) is 0 Å². The van der Waals surface area contributed by atoms with E-state index in [9.17, 15) is 0 Å². The molecule has 0 heterocycles. The van der Waals surface area contributed by atoms with Crippen LogP contribution in [-0.2, 0) is 0 Å². The summed E-state index contributed by atoms with van der Waals surface area (Å²) in [6.07, 6.45) is 0. The molecule has 1 unspecified atom stereocenters. The summed E-state index contributed by atoms with van der Waals surface area (Å²) in [5, 5.41) is 0. The van der Waals surface area contributed by atoms with Crippen LogP contribution in [0.5, 0.6) is 11.5 Å². The molecule has 0 saturated carbocycles. The number of hydrogen-bond donors (Lipinski definition) is 0. The van der Waals surface area contributed by atoms with Crippen molar-refractivity contribution in [3.05, 3.63) is 23.3 Å². The van der Waals surface area contributed by atoms with Crippen molar-refractivity contribution in [1.82, 2.24) is 4.90 Å². The summed E-state index contributed by atoms with van der Waals surface area (Å²) in [6.45, 7) is 4.25. The van der Waals surface area contributed by atoms with Gasteiger partial charge in [-0.2, -0.15) is 0 Å². The van der Waals surface area contributed by atoms with Gasteiger partial charge in [-0.15, -0.1) is 0 Å². The molecule has 1 rings (SSSR count). The minimum absolute atomic E-state index is 0.320. The molecule has 1 aromatic carbocycles. The Hall–Kier alpha value is -1.22. The highest BCUT2D eigenvalue weighted by Crippen LogP contribution is 2.34. The standard InChI is InChI=1S/C13H21NO2/c1-9-7-11(15-5)8-12(16-6)13(9)10(2)14(3)4/h7-8,10H,1-6H3. The number of methoxy groups -OCH3 is 2. The maximum atomic E-state index is 5.43. The van der Waals surface area contributed by atoms with Crippen LogP contribution in [0.1, 0.15) is 24.1 Å². The molecule has 1 atom stereocenters. The van der Waals surface area contributed by atoms with Crippen molar-refractivity contribution >= 4 is 0 Å². The summed E-state index contributed by atoms with van der Waals surface area (Å²) < 4.78 is 10.7. The summed E-state index contributed by atoms with van der Waals surface area (Å²) >= 11 is 0. The molecule has 0 fully saturated rings. The van der Waals surface area contributed by atoms with Crippen LogP contribution in [0.2, 0.25) is 0 Å². The molecule has 0 spiro atoms. The third kappa shape index (κ3) is 2.47. The Morgan fingerprint density at radius 3 is 2.19 bits per heavy atom. The van der Waals surface area contributed by atoms with E-state index < -0.39 is 0 Å². The normalized spacial score (nSPS) is 12.7. The fourth-order valence-corrected chi connectivity index (χ4v) is 1.81. The minimum Gasteiger partial charge on any atom is -0.497 e. The van der Waals surface area contributed by atoms with E-state index in [1.165, 1.54) is 11.1 Å². The van der Waals surface area contributed by atoms with Gasteiger partial charge in [-0.05, 0) is 39.6 Å². The molecule has 0 saturated heterocycles. The Balaban J connectivity index is 3.26. The molecule has 0 aliphatic carbocycles. The van der Waals surface area contributed by atoms with Crippen molar-refractivity contribution in [2.45, 2.75) is 19.9 Å². The fourth-order valence-electron chi connectivity index (χ4n) is 1.81. The molecule has 90 valence electrons. The van der Waals surface area contributed by atoms with E-state index in [0.29, 0.717) is 6.04 Å². The van der Waals surface area contributed by atoms with Gasteiger partial charge in [-0.3, -0.25) is 0 Å². The highest BCUT2D eigenvalue weighted by Gasteiger charge is 2.17. The van der Waals surface area contributed by atoms with Crippen LogP contribution in [0.25, 0.3) is 0 Å². The molecule has 0 aliphatic rings. The predicted octanol–water partition coefficient (Wildman–Crippen LogP) is 2.63.